The molecular weight excluding hydrogens is 335 g/mol. The molecule has 8 heteroatoms. The van der Waals surface area contributed by atoms with E-state index in [0.29, 0.717) is 5.56 Å². The molecule has 0 radical (unpaired) electrons. The first kappa shape index (κ1) is 16.7. The molecule has 0 saturated heterocycles. The second-order valence-electron chi connectivity index (χ2n) is 5.20. The predicted molar refractivity (Wildman–Crippen MR) is 83.5 cm³/mol. The first-order chi connectivity index (χ1) is 11.9. The highest BCUT2D eigenvalue weighted by Gasteiger charge is 2.30. The third-order valence-electron chi connectivity index (χ3n) is 3.31. The molecule has 0 saturated carbocycles. The summed E-state index contributed by atoms with van der Waals surface area (Å²) >= 11 is 0. The molecule has 0 aliphatic rings. The summed E-state index contributed by atoms with van der Waals surface area (Å²) < 4.78 is 43.4. The summed E-state index contributed by atoms with van der Waals surface area (Å²) in [6.45, 7) is 0. The molecule has 0 atom stereocenters. The van der Waals surface area contributed by atoms with Crippen LogP contribution < -0.4 is 5.32 Å². The van der Waals surface area contributed by atoms with Gasteiger partial charge < -0.3 is 4.42 Å². The van der Waals surface area contributed by atoms with Gasteiger partial charge in [-0.25, -0.2) is 0 Å². The Balaban J connectivity index is 1.67. The van der Waals surface area contributed by atoms with Gasteiger partial charge in [0.25, 0.3) is 0 Å². The minimum atomic E-state index is -4.45. The largest absolute Gasteiger partial charge is 0.416 e. The van der Waals surface area contributed by atoms with Crippen LogP contribution in [0.1, 0.15) is 11.1 Å². The molecule has 5 nitrogen and oxygen atoms in total. The number of alkyl halides is 3. The molecule has 0 aliphatic carbocycles. The van der Waals surface area contributed by atoms with Crippen LogP contribution in [0.5, 0.6) is 0 Å². The van der Waals surface area contributed by atoms with Crippen molar-refractivity contribution in [3.8, 4) is 11.5 Å². The maximum atomic E-state index is 12.7. The summed E-state index contributed by atoms with van der Waals surface area (Å²) in [5.74, 6) is -0.322. The van der Waals surface area contributed by atoms with Crippen LogP contribution in [0.25, 0.3) is 11.5 Å². The summed E-state index contributed by atoms with van der Waals surface area (Å²) in [6.07, 6.45) is -4.70. The number of nitrogens with one attached hydrogen (secondary N) is 1. The summed E-state index contributed by atoms with van der Waals surface area (Å²) in [6, 6.07) is 13.4. The Kier molecular flexibility index (Phi) is 4.51. The molecule has 0 spiro atoms. The van der Waals surface area contributed by atoms with E-state index in [0.717, 1.165) is 12.1 Å². The van der Waals surface area contributed by atoms with Gasteiger partial charge in [-0.3, -0.25) is 10.1 Å². The number of hydrogen-bond acceptors (Lipinski definition) is 4. The number of rotatable bonds is 4. The molecule has 1 aromatic heterocycles. The number of hydrogen-bond donors (Lipinski definition) is 1. The van der Waals surface area contributed by atoms with Gasteiger partial charge in [-0.15, -0.1) is 5.10 Å². The highest BCUT2D eigenvalue weighted by molar-refractivity contribution is 5.90. The predicted octanol–water partition coefficient (Wildman–Crippen LogP) is 3.94. The number of benzene rings is 2. The van der Waals surface area contributed by atoms with Crippen molar-refractivity contribution < 1.29 is 22.4 Å². The fraction of sp³-hybridized carbons (Fsp3) is 0.118. The van der Waals surface area contributed by atoms with Gasteiger partial charge in [-0.2, -0.15) is 13.2 Å². The van der Waals surface area contributed by atoms with Gasteiger partial charge in [0.15, 0.2) is 0 Å². The zero-order chi connectivity index (χ0) is 17.9. The molecule has 25 heavy (non-hydrogen) atoms. The van der Waals surface area contributed by atoms with E-state index < -0.39 is 17.6 Å². The molecule has 1 heterocycles. The fourth-order valence-electron chi connectivity index (χ4n) is 2.18. The normalized spacial score (nSPS) is 11.3. The minimum Gasteiger partial charge on any atom is -0.403 e. The van der Waals surface area contributed by atoms with Gasteiger partial charge in [0.1, 0.15) is 0 Å². The summed E-state index contributed by atoms with van der Waals surface area (Å²) in [5.41, 5.74) is 0.116. The summed E-state index contributed by atoms with van der Waals surface area (Å²) in [7, 11) is 0. The van der Waals surface area contributed by atoms with Crippen LogP contribution in [0.2, 0.25) is 0 Å². The maximum absolute atomic E-state index is 12.7. The molecule has 3 aromatic rings. The van der Waals surface area contributed by atoms with E-state index >= 15 is 0 Å². The Labute approximate surface area is 140 Å². The van der Waals surface area contributed by atoms with Crippen molar-refractivity contribution >= 4 is 11.9 Å². The number of nitrogens with zero attached hydrogens (tertiary/aromatic N) is 2. The average molecular weight is 347 g/mol. The second kappa shape index (κ2) is 6.76. The van der Waals surface area contributed by atoms with Gasteiger partial charge in [-0.05, 0) is 23.8 Å². The summed E-state index contributed by atoms with van der Waals surface area (Å²) in [4.78, 5) is 12.0. The van der Waals surface area contributed by atoms with Gasteiger partial charge >= 0.3 is 12.2 Å². The monoisotopic (exact) mass is 347 g/mol. The van der Waals surface area contributed by atoms with E-state index in [9.17, 15) is 18.0 Å². The molecule has 0 bridgehead atoms. The Bertz CT molecular complexity index is 876. The molecule has 1 amide bonds. The van der Waals surface area contributed by atoms with Crippen molar-refractivity contribution in [3.05, 3.63) is 65.7 Å². The van der Waals surface area contributed by atoms with Crippen LogP contribution in [0, 0.1) is 0 Å². The van der Waals surface area contributed by atoms with E-state index in [1.807, 2.05) is 6.07 Å². The van der Waals surface area contributed by atoms with E-state index in [1.165, 1.54) is 12.1 Å². The molecule has 3 rings (SSSR count). The lowest BCUT2D eigenvalue weighted by Crippen LogP contribution is -2.15. The van der Waals surface area contributed by atoms with Gasteiger partial charge in [0.2, 0.25) is 11.8 Å². The molecular formula is C17H12F3N3O2. The first-order valence-electron chi connectivity index (χ1n) is 7.27. The zero-order valence-corrected chi connectivity index (χ0v) is 12.7. The Morgan fingerprint density at radius 2 is 1.80 bits per heavy atom. The van der Waals surface area contributed by atoms with E-state index in [2.05, 4.69) is 15.5 Å². The number of carbonyl (C=O) groups excluding carboxylic acids is 1. The lowest BCUT2D eigenvalue weighted by atomic mass is 10.1. The average Bonchev–Trinajstić information content (AvgIpc) is 3.03. The highest BCUT2D eigenvalue weighted by atomic mass is 19.4. The zero-order valence-electron chi connectivity index (χ0n) is 12.7. The Morgan fingerprint density at radius 1 is 1.04 bits per heavy atom. The smallest absolute Gasteiger partial charge is 0.403 e. The maximum Gasteiger partial charge on any atom is 0.416 e. The number of carbonyl (C=O) groups is 1. The Morgan fingerprint density at radius 3 is 2.52 bits per heavy atom. The van der Waals surface area contributed by atoms with E-state index in [1.54, 1.807) is 24.3 Å². The summed E-state index contributed by atoms with van der Waals surface area (Å²) in [5, 5.41) is 9.89. The molecule has 0 fully saturated rings. The highest BCUT2D eigenvalue weighted by Crippen LogP contribution is 2.29. The SMILES string of the molecule is O=C(Cc1cccc(C(F)(F)F)c1)Nc1nnc(-c2ccccc2)o1. The molecule has 2 aromatic carbocycles. The van der Waals surface area contributed by atoms with Crippen molar-refractivity contribution in [2.24, 2.45) is 0 Å². The van der Waals surface area contributed by atoms with Crippen LogP contribution in [0.15, 0.2) is 59.0 Å². The third kappa shape index (κ3) is 4.23. The van der Waals surface area contributed by atoms with Crippen LogP contribution in [-0.2, 0) is 17.4 Å². The van der Waals surface area contributed by atoms with Crippen LogP contribution >= 0.6 is 0 Å². The van der Waals surface area contributed by atoms with Crippen LogP contribution in [0.4, 0.5) is 19.2 Å². The van der Waals surface area contributed by atoms with Crippen LogP contribution in [-0.4, -0.2) is 16.1 Å². The number of anilines is 1. The van der Waals surface area contributed by atoms with Crippen molar-refractivity contribution in [1.29, 1.82) is 0 Å². The standard InChI is InChI=1S/C17H12F3N3O2/c18-17(19,20)13-8-4-5-11(9-13)10-14(24)21-16-23-22-15(25-16)12-6-2-1-3-7-12/h1-9H,10H2,(H,21,23,24). The van der Waals surface area contributed by atoms with Crippen LogP contribution in [0.3, 0.4) is 0 Å². The second-order valence-corrected chi connectivity index (χ2v) is 5.20. The van der Waals surface area contributed by atoms with E-state index in [4.69, 9.17) is 4.42 Å². The van der Waals surface area contributed by atoms with Gasteiger partial charge in [0, 0.05) is 5.56 Å². The number of amides is 1. The fourth-order valence-corrected chi connectivity index (χ4v) is 2.18. The quantitative estimate of drug-likeness (QED) is 0.776. The van der Waals surface area contributed by atoms with E-state index in [-0.39, 0.29) is 23.9 Å². The van der Waals surface area contributed by atoms with Gasteiger partial charge in [-0.1, -0.05) is 41.5 Å². The molecule has 1 N–H and O–H groups in total. The lowest BCUT2D eigenvalue weighted by Gasteiger charge is -2.08. The number of aromatic nitrogens is 2. The Hall–Kier alpha value is -3.16. The molecule has 0 aliphatic heterocycles. The minimum absolute atomic E-state index is 0.115. The molecule has 0 unspecified atom stereocenters. The molecule has 128 valence electrons. The topological polar surface area (TPSA) is 68.0 Å². The van der Waals surface area contributed by atoms with Gasteiger partial charge in [0.05, 0.1) is 12.0 Å². The van der Waals surface area contributed by atoms with Crippen molar-refractivity contribution in [3.63, 3.8) is 0 Å². The lowest BCUT2D eigenvalue weighted by molar-refractivity contribution is -0.137. The van der Waals surface area contributed by atoms with Crippen molar-refractivity contribution in [1.82, 2.24) is 10.2 Å². The first-order valence-corrected chi connectivity index (χ1v) is 7.27. The number of halogens is 3. The third-order valence-corrected chi connectivity index (χ3v) is 3.31. The van der Waals surface area contributed by atoms with Crippen molar-refractivity contribution in [2.75, 3.05) is 5.32 Å². The van der Waals surface area contributed by atoms with Crippen molar-refractivity contribution in [2.45, 2.75) is 12.6 Å².